The summed E-state index contributed by atoms with van der Waals surface area (Å²) in [7, 11) is 0. The Morgan fingerprint density at radius 1 is 0.920 bits per heavy atom. The van der Waals surface area contributed by atoms with E-state index in [9.17, 15) is 19.2 Å². The van der Waals surface area contributed by atoms with E-state index in [0.717, 1.165) is 27.1 Å². The molecule has 0 saturated heterocycles. The van der Waals surface area contributed by atoms with Crippen LogP contribution in [0.2, 0.25) is 0 Å². The van der Waals surface area contributed by atoms with Crippen LogP contribution in [0.3, 0.4) is 0 Å². The van der Waals surface area contributed by atoms with Crippen LogP contribution in [0, 0.1) is 6.92 Å². The quantitative estimate of drug-likeness (QED) is 0.111. The molecule has 4 aromatic rings. The van der Waals surface area contributed by atoms with Crippen LogP contribution in [0.4, 0.5) is 0 Å². The Bertz CT molecular complexity index is 1780. The number of amides is 4. The molecule has 0 unspecified atom stereocenters. The molecule has 2 aromatic carbocycles. The summed E-state index contributed by atoms with van der Waals surface area (Å²) in [5.41, 5.74) is 9.11. The minimum atomic E-state index is -1.09. The summed E-state index contributed by atoms with van der Waals surface area (Å²) in [6, 6.07) is 15.6. The van der Waals surface area contributed by atoms with E-state index in [1.54, 1.807) is 31.3 Å². The maximum atomic E-state index is 14.1. The summed E-state index contributed by atoms with van der Waals surface area (Å²) < 4.78 is 6.74. The Morgan fingerprint density at radius 3 is 2.44 bits per heavy atom. The van der Waals surface area contributed by atoms with Gasteiger partial charge in [0, 0.05) is 43.1 Å². The van der Waals surface area contributed by atoms with Crippen molar-refractivity contribution in [1.29, 1.82) is 0 Å². The maximum Gasteiger partial charge on any atom is 0.243 e. The Morgan fingerprint density at radius 2 is 1.68 bits per heavy atom. The maximum absolute atomic E-state index is 14.1. The number of unbranched alkanes of at least 4 members (excludes halogenated alkanes) is 1. The summed E-state index contributed by atoms with van der Waals surface area (Å²) in [5, 5.41) is 12.4. The van der Waals surface area contributed by atoms with E-state index in [4.69, 9.17) is 10.5 Å². The van der Waals surface area contributed by atoms with Gasteiger partial charge in [0.25, 0.3) is 0 Å². The van der Waals surface area contributed by atoms with Gasteiger partial charge >= 0.3 is 0 Å². The average Bonchev–Trinajstić information content (AvgIpc) is 3.52. The summed E-state index contributed by atoms with van der Waals surface area (Å²) >= 11 is 1.46. The number of carbonyl (C=O) groups excluding carboxylic acids is 4. The van der Waals surface area contributed by atoms with Gasteiger partial charge in [-0.1, -0.05) is 37.3 Å². The molecule has 6 N–H and O–H groups in total. The van der Waals surface area contributed by atoms with Crippen LogP contribution >= 0.6 is 11.3 Å². The molecule has 0 aliphatic carbocycles. The summed E-state index contributed by atoms with van der Waals surface area (Å²) in [5.74, 6) is -1.00. The lowest BCUT2D eigenvalue weighted by molar-refractivity contribution is -0.134. The minimum absolute atomic E-state index is 0.0672. The number of benzene rings is 2. The van der Waals surface area contributed by atoms with Crippen molar-refractivity contribution in [2.45, 2.75) is 83.0 Å². The number of thiazole rings is 1. The molecule has 1 aliphatic heterocycles. The molecule has 12 nitrogen and oxygen atoms in total. The van der Waals surface area contributed by atoms with Gasteiger partial charge in [-0.25, -0.2) is 4.98 Å². The number of nitrogens with zero attached hydrogens (tertiary/aromatic N) is 2. The van der Waals surface area contributed by atoms with Gasteiger partial charge in [0.1, 0.15) is 23.9 Å². The van der Waals surface area contributed by atoms with Crippen molar-refractivity contribution in [2.24, 2.45) is 5.73 Å². The highest BCUT2D eigenvalue weighted by Gasteiger charge is 2.32. The Hall–Kier alpha value is -4.88. The second-order valence-electron chi connectivity index (χ2n) is 12.4. The number of fused-ring (bicyclic) bond motifs is 2. The normalized spacial score (nSPS) is 15.5. The number of aromatic nitrogens is 2. The van der Waals surface area contributed by atoms with Crippen molar-refractivity contribution >= 4 is 45.2 Å². The Balaban J connectivity index is 1.35. The fourth-order valence-corrected chi connectivity index (χ4v) is 6.97. The second-order valence-corrected chi connectivity index (χ2v) is 13.5. The van der Waals surface area contributed by atoms with Gasteiger partial charge in [0.05, 0.1) is 27.9 Å². The van der Waals surface area contributed by atoms with E-state index in [-0.39, 0.29) is 37.1 Å². The molecule has 0 fully saturated rings. The third-order valence-corrected chi connectivity index (χ3v) is 9.61. The van der Waals surface area contributed by atoms with Crippen LogP contribution in [0.1, 0.15) is 66.9 Å². The number of ether oxygens (including phenoxy) is 1. The topological polar surface area (TPSA) is 177 Å². The lowest BCUT2D eigenvalue weighted by atomic mass is 9.99. The van der Waals surface area contributed by atoms with E-state index < -0.39 is 29.9 Å². The first-order chi connectivity index (χ1) is 24.2. The zero-order valence-corrected chi connectivity index (χ0v) is 29.3. The van der Waals surface area contributed by atoms with E-state index in [1.807, 2.05) is 49.4 Å². The molecule has 0 saturated carbocycles. The van der Waals surface area contributed by atoms with Crippen molar-refractivity contribution in [3.8, 4) is 5.75 Å². The molecule has 0 spiro atoms. The van der Waals surface area contributed by atoms with Crippen LogP contribution in [-0.4, -0.2) is 64.9 Å². The molecule has 1 aliphatic rings. The Kier molecular flexibility index (Phi) is 12.9. The standard InChI is InChI=1S/C37H45N7O5S/c1-3-33(45)40-30(22-34-41-27-15-14-23(2)20-32(27)50-34)37(48)44-29(21-24-10-7-9-18-39-24)36(47)43-28(12-6-8-17-38)35(46)42-26-16-19-49-31-13-5-4-11-25(26)31/h4-5,7,9-11,13-15,18,20,26,28-30H,3,6,8,12,16-17,19,21-22,38H2,1-2H3,(H,40,45)(H,42,46)(H,43,47)(H,44,48)/t26-,28+,29+,30+/m1/s1. The van der Waals surface area contributed by atoms with Crippen LogP contribution in [0.25, 0.3) is 10.2 Å². The molecule has 0 radical (unpaired) electrons. The van der Waals surface area contributed by atoms with Gasteiger partial charge in [-0.05, 0) is 68.6 Å². The number of nitrogens with two attached hydrogens (primary N) is 1. The smallest absolute Gasteiger partial charge is 0.243 e. The van der Waals surface area contributed by atoms with E-state index in [0.29, 0.717) is 49.5 Å². The number of aryl methyl sites for hydroxylation is 1. The number of carbonyl (C=O) groups is 4. The van der Waals surface area contributed by atoms with Crippen molar-refractivity contribution in [3.05, 3.63) is 88.7 Å². The van der Waals surface area contributed by atoms with E-state index in [1.165, 1.54) is 11.3 Å². The second kappa shape index (κ2) is 17.7. The molecule has 50 heavy (non-hydrogen) atoms. The van der Waals surface area contributed by atoms with Crippen molar-refractivity contribution in [2.75, 3.05) is 13.2 Å². The summed E-state index contributed by atoms with van der Waals surface area (Å²) in [4.78, 5) is 63.4. The molecular weight excluding hydrogens is 655 g/mol. The fraction of sp³-hybridized carbons (Fsp3) is 0.405. The first-order valence-electron chi connectivity index (χ1n) is 17.1. The number of nitrogens with one attached hydrogen (secondary N) is 4. The summed E-state index contributed by atoms with van der Waals surface area (Å²) in [6.07, 6.45) is 4.24. The van der Waals surface area contributed by atoms with Crippen molar-refractivity contribution in [1.82, 2.24) is 31.2 Å². The molecule has 0 bridgehead atoms. The lowest BCUT2D eigenvalue weighted by Gasteiger charge is -2.29. The molecule has 5 rings (SSSR count). The first-order valence-corrected chi connectivity index (χ1v) is 17.9. The molecule has 13 heteroatoms. The third-order valence-electron chi connectivity index (χ3n) is 8.57. The minimum Gasteiger partial charge on any atom is -0.493 e. The van der Waals surface area contributed by atoms with Crippen LogP contribution in [0.5, 0.6) is 5.75 Å². The number of pyridine rings is 1. The average molecular weight is 700 g/mol. The van der Waals surface area contributed by atoms with Crippen LogP contribution < -0.4 is 31.7 Å². The highest BCUT2D eigenvalue weighted by molar-refractivity contribution is 7.18. The number of rotatable bonds is 16. The highest BCUT2D eigenvalue weighted by Crippen LogP contribution is 2.31. The molecular formula is C37H45N7O5S. The lowest BCUT2D eigenvalue weighted by Crippen LogP contribution is -2.58. The van der Waals surface area contributed by atoms with Gasteiger partial charge < -0.3 is 31.7 Å². The van der Waals surface area contributed by atoms with Gasteiger partial charge in [0.2, 0.25) is 23.6 Å². The van der Waals surface area contributed by atoms with E-state index >= 15 is 0 Å². The molecule has 4 atom stereocenters. The molecule has 4 amide bonds. The fourth-order valence-electron chi connectivity index (χ4n) is 5.85. The predicted octanol–water partition coefficient (Wildman–Crippen LogP) is 3.42. The number of para-hydroxylation sites is 1. The van der Waals surface area contributed by atoms with Gasteiger partial charge in [0.15, 0.2) is 0 Å². The van der Waals surface area contributed by atoms with Crippen LogP contribution in [0.15, 0.2) is 66.9 Å². The van der Waals surface area contributed by atoms with Crippen molar-refractivity contribution < 1.29 is 23.9 Å². The van der Waals surface area contributed by atoms with Gasteiger partial charge in [-0.15, -0.1) is 11.3 Å². The number of hydrogen-bond donors (Lipinski definition) is 5. The SMILES string of the molecule is CCC(=O)N[C@@H](Cc1nc2ccc(C)cc2s1)C(=O)N[C@@H](Cc1ccccn1)C(=O)N[C@@H](CCCCN)C(=O)N[C@@H]1CCOc2ccccc21. The predicted molar refractivity (Wildman–Crippen MR) is 192 cm³/mol. The molecule has 3 heterocycles. The van der Waals surface area contributed by atoms with Gasteiger partial charge in [-0.2, -0.15) is 0 Å². The Labute approximate surface area is 296 Å². The zero-order valence-electron chi connectivity index (χ0n) is 28.4. The first kappa shape index (κ1) is 36.4. The molecule has 2 aromatic heterocycles. The third kappa shape index (κ3) is 9.85. The van der Waals surface area contributed by atoms with Crippen molar-refractivity contribution in [3.63, 3.8) is 0 Å². The van der Waals surface area contributed by atoms with Gasteiger partial charge in [-0.3, -0.25) is 24.2 Å². The highest BCUT2D eigenvalue weighted by atomic mass is 32.1. The summed E-state index contributed by atoms with van der Waals surface area (Å²) in [6.45, 7) is 4.61. The monoisotopic (exact) mass is 699 g/mol. The largest absolute Gasteiger partial charge is 0.493 e. The van der Waals surface area contributed by atoms with Crippen LogP contribution in [-0.2, 0) is 32.0 Å². The molecule has 264 valence electrons. The zero-order chi connectivity index (χ0) is 35.5. The van der Waals surface area contributed by atoms with E-state index in [2.05, 4.69) is 31.2 Å². The number of hydrogen-bond acceptors (Lipinski definition) is 9.